The number of rotatable bonds is 1. The van der Waals surface area contributed by atoms with Gasteiger partial charge in [-0.05, 0) is 19.9 Å². The van der Waals surface area contributed by atoms with Crippen molar-refractivity contribution in [2.24, 2.45) is 12.5 Å². The molecule has 1 saturated heterocycles. The average molecular weight is 389 g/mol. The van der Waals surface area contributed by atoms with E-state index >= 15 is 0 Å². The number of hydrogen-bond acceptors (Lipinski definition) is 5. The zero-order valence-corrected chi connectivity index (χ0v) is 17.1. The lowest BCUT2D eigenvalue weighted by Gasteiger charge is -2.36. The van der Waals surface area contributed by atoms with Crippen molar-refractivity contribution in [3.05, 3.63) is 41.3 Å². The molecule has 1 fully saturated rings. The largest absolute Gasteiger partial charge is 0.450 e. The minimum atomic E-state index is -3.45. The van der Waals surface area contributed by atoms with Gasteiger partial charge in [-0.2, -0.15) is 0 Å². The van der Waals surface area contributed by atoms with Crippen molar-refractivity contribution in [3.8, 4) is 0 Å². The third-order valence-corrected chi connectivity index (χ3v) is 6.68. The number of benzene rings is 1. The number of carbonyl (C=O) groups excluding carboxylic acids is 1. The number of nitrogens with zero attached hydrogens (tertiary/aromatic N) is 1. The van der Waals surface area contributed by atoms with Crippen molar-refractivity contribution < 1.29 is 23.1 Å². The van der Waals surface area contributed by atoms with Crippen molar-refractivity contribution in [1.82, 2.24) is 4.57 Å². The highest BCUT2D eigenvalue weighted by Gasteiger charge is 2.44. The predicted molar refractivity (Wildman–Crippen MR) is 104 cm³/mol. The first-order valence-electron chi connectivity index (χ1n) is 8.96. The Hall–Kier alpha value is -1.88. The monoisotopic (exact) mass is 389 g/mol. The maximum atomic E-state index is 13.2. The molecule has 0 N–H and O–H groups in total. The van der Waals surface area contributed by atoms with E-state index in [2.05, 4.69) is 0 Å². The van der Waals surface area contributed by atoms with Gasteiger partial charge in [0.05, 0.1) is 13.2 Å². The van der Waals surface area contributed by atoms with Crippen LogP contribution in [0.4, 0.5) is 0 Å². The minimum Gasteiger partial charge on any atom is -0.450 e. The highest BCUT2D eigenvalue weighted by atomic mass is 31.2. The smallest absolute Gasteiger partial charge is 0.356 e. The summed E-state index contributed by atoms with van der Waals surface area (Å²) in [6.45, 7) is 8.27. The standard InChI is InChI=1S/C20H24NO5P/c1-19(2)11-24-27(23,25-12-19)10-14-16-13-8-6-7-9-15(13)21(5)17(16)18(22)26-20(14,3)4/h6-10H,11-12H2,1-5H3/b14-10-. The molecule has 2 aromatic rings. The van der Waals surface area contributed by atoms with Crippen LogP contribution < -0.4 is 0 Å². The lowest BCUT2D eigenvalue weighted by molar-refractivity contribution is 0.0163. The number of fused-ring (bicyclic) bond motifs is 3. The molecule has 0 bridgehead atoms. The number of esters is 1. The van der Waals surface area contributed by atoms with E-state index in [1.807, 2.05) is 49.7 Å². The fraction of sp³-hybridized carbons (Fsp3) is 0.450. The molecule has 7 heteroatoms. The van der Waals surface area contributed by atoms with Gasteiger partial charge in [0.15, 0.2) is 0 Å². The Morgan fingerprint density at radius 1 is 1.11 bits per heavy atom. The Balaban J connectivity index is 1.94. The normalized spacial score (nSPS) is 24.6. The van der Waals surface area contributed by atoms with Crippen molar-refractivity contribution in [2.75, 3.05) is 13.2 Å². The second kappa shape index (κ2) is 5.81. The lowest BCUT2D eigenvalue weighted by atomic mass is 9.88. The molecule has 27 heavy (non-hydrogen) atoms. The topological polar surface area (TPSA) is 66.8 Å². The molecule has 0 spiro atoms. The Morgan fingerprint density at radius 2 is 1.74 bits per heavy atom. The lowest BCUT2D eigenvalue weighted by Crippen LogP contribution is -2.36. The van der Waals surface area contributed by atoms with Crippen molar-refractivity contribution in [3.63, 3.8) is 0 Å². The Morgan fingerprint density at radius 3 is 2.41 bits per heavy atom. The Labute approximate surface area is 158 Å². The van der Waals surface area contributed by atoms with Gasteiger partial charge in [0.1, 0.15) is 11.3 Å². The van der Waals surface area contributed by atoms with Crippen LogP contribution >= 0.6 is 7.60 Å². The number of aromatic nitrogens is 1. The van der Waals surface area contributed by atoms with Gasteiger partial charge in [-0.15, -0.1) is 0 Å². The van der Waals surface area contributed by atoms with E-state index in [0.717, 1.165) is 16.5 Å². The number of carbonyl (C=O) groups is 1. The van der Waals surface area contributed by atoms with Crippen LogP contribution in [0.5, 0.6) is 0 Å². The summed E-state index contributed by atoms with van der Waals surface area (Å²) in [6.07, 6.45) is 0. The molecule has 2 aliphatic heterocycles. The zero-order valence-electron chi connectivity index (χ0n) is 16.2. The number of aryl methyl sites for hydroxylation is 1. The molecule has 0 aliphatic carbocycles. The van der Waals surface area contributed by atoms with Crippen LogP contribution in [-0.2, 0) is 25.4 Å². The number of cyclic esters (lactones) is 1. The van der Waals surface area contributed by atoms with Crippen molar-refractivity contribution >= 4 is 30.0 Å². The third-order valence-electron chi connectivity index (χ3n) is 5.12. The second-order valence-electron chi connectivity index (χ2n) is 8.49. The van der Waals surface area contributed by atoms with Gasteiger partial charge in [0.2, 0.25) is 0 Å². The third kappa shape index (κ3) is 2.96. The summed E-state index contributed by atoms with van der Waals surface area (Å²) < 4.78 is 32.0. The molecule has 0 amide bonds. The van der Waals surface area contributed by atoms with Crippen molar-refractivity contribution in [2.45, 2.75) is 33.3 Å². The van der Waals surface area contributed by atoms with Crippen LogP contribution in [0.2, 0.25) is 0 Å². The summed E-state index contributed by atoms with van der Waals surface area (Å²) in [5, 5.41) is 0.912. The van der Waals surface area contributed by atoms with E-state index in [1.54, 1.807) is 19.7 Å². The maximum Gasteiger partial charge on any atom is 0.356 e. The Bertz CT molecular complexity index is 1020. The first-order valence-corrected chi connectivity index (χ1v) is 10.6. The average Bonchev–Trinajstić information content (AvgIpc) is 2.88. The molecule has 0 radical (unpaired) electrons. The molecule has 1 aromatic heterocycles. The molecule has 0 unspecified atom stereocenters. The molecular weight excluding hydrogens is 365 g/mol. The number of ether oxygens (including phenoxy) is 1. The van der Waals surface area contributed by atoms with E-state index in [9.17, 15) is 9.36 Å². The summed E-state index contributed by atoms with van der Waals surface area (Å²) in [5.41, 5.74) is 1.61. The summed E-state index contributed by atoms with van der Waals surface area (Å²) >= 11 is 0. The number of hydrogen-bond donors (Lipinski definition) is 0. The molecule has 2 aliphatic rings. The van der Waals surface area contributed by atoms with Crippen LogP contribution in [0.1, 0.15) is 43.7 Å². The minimum absolute atomic E-state index is 0.189. The van der Waals surface area contributed by atoms with E-state index in [1.165, 1.54) is 0 Å². The van der Waals surface area contributed by atoms with E-state index in [4.69, 9.17) is 13.8 Å². The predicted octanol–water partition coefficient (Wildman–Crippen LogP) is 4.73. The maximum absolute atomic E-state index is 13.2. The molecule has 3 heterocycles. The van der Waals surface area contributed by atoms with E-state index < -0.39 is 19.2 Å². The van der Waals surface area contributed by atoms with Crippen LogP contribution in [0.15, 0.2) is 30.1 Å². The first-order chi connectivity index (χ1) is 12.5. The molecule has 6 nitrogen and oxygen atoms in total. The van der Waals surface area contributed by atoms with Crippen LogP contribution in [0.25, 0.3) is 16.5 Å². The van der Waals surface area contributed by atoms with Gasteiger partial charge in [-0.1, -0.05) is 32.0 Å². The Kier molecular flexibility index (Phi) is 3.97. The number of para-hydroxylation sites is 1. The molecule has 0 saturated carbocycles. The van der Waals surface area contributed by atoms with Gasteiger partial charge in [-0.3, -0.25) is 4.57 Å². The highest BCUT2D eigenvalue weighted by molar-refractivity contribution is 7.57. The van der Waals surface area contributed by atoms with E-state index in [-0.39, 0.29) is 5.41 Å². The molecular formula is C20H24NO5P. The summed E-state index contributed by atoms with van der Waals surface area (Å²) in [4.78, 5) is 12.7. The molecule has 1 aromatic carbocycles. The summed E-state index contributed by atoms with van der Waals surface area (Å²) in [6, 6.07) is 7.75. The fourth-order valence-corrected chi connectivity index (χ4v) is 5.64. The van der Waals surface area contributed by atoms with Crippen molar-refractivity contribution in [1.29, 1.82) is 0 Å². The molecule has 144 valence electrons. The zero-order chi connectivity index (χ0) is 19.6. The van der Waals surface area contributed by atoms with Gasteiger partial charge in [0.25, 0.3) is 0 Å². The first kappa shape index (κ1) is 18.5. The fourth-order valence-electron chi connectivity index (χ4n) is 3.60. The van der Waals surface area contributed by atoms with Crippen LogP contribution in [-0.4, -0.2) is 29.4 Å². The SMILES string of the molecule is Cn1c2c(c3ccccc31)/C(=C/P1(=O)OCC(C)(C)CO1)C(C)(C)OC2=O. The van der Waals surface area contributed by atoms with Gasteiger partial charge < -0.3 is 18.4 Å². The van der Waals surface area contributed by atoms with Crippen LogP contribution in [0, 0.1) is 5.41 Å². The van der Waals surface area contributed by atoms with Crippen LogP contribution in [0.3, 0.4) is 0 Å². The van der Waals surface area contributed by atoms with Gasteiger partial charge >= 0.3 is 13.6 Å². The van der Waals surface area contributed by atoms with Gasteiger partial charge in [0, 0.05) is 40.3 Å². The quantitative estimate of drug-likeness (QED) is 0.521. The summed E-state index contributed by atoms with van der Waals surface area (Å²) in [5.74, 6) is 1.15. The van der Waals surface area contributed by atoms with Gasteiger partial charge in [-0.25, -0.2) is 4.79 Å². The second-order valence-corrected chi connectivity index (χ2v) is 10.3. The summed E-state index contributed by atoms with van der Waals surface area (Å²) in [7, 11) is -1.62. The van der Waals surface area contributed by atoms with E-state index in [0.29, 0.717) is 24.5 Å². The molecule has 4 rings (SSSR count). The molecule has 0 atom stereocenters. The highest BCUT2D eigenvalue weighted by Crippen LogP contribution is 2.58.